The standard InChI is InChI=1S/C9H10O5/c1-3-5-13-9(11)14-7-6-12-8(10)4-2/h1,4H,2,5-7H2. The monoisotopic (exact) mass is 198 g/mol. The Kier molecular flexibility index (Phi) is 6.60. The van der Waals surface area contributed by atoms with Crippen LogP contribution in [0.3, 0.4) is 0 Å². The summed E-state index contributed by atoms with van der Waals surface area (Å²) >= 11 is 0. The number of hydrogen-bond donors (Lipinski definition) is 0. The zero-order valence-electron chi connectivity index (χ0n) is 7.52. The van der Waals surface area contributed by atoms with E-state index in [1.807, 2.05) is 0 Å². The first-order chi connectivity index (χ1) is 6.70. The molecule has 0 rings (SSSR count). The summed E-state index contributed by atoms with van der Waals surface area (Å²) in [5, 5.41) is 0. The van der Waals surface area contributed by atoms with Crippen LogP contribution in [0.15, 0.2) is 12.7 Å². The summed E-state index contributed by atoms with van der Waals surface area (Å²) in [6.45, 7) is 2.91. The first kappa shape index (κ1) is 12.0. The van der Waals surface area contributed by atoms with Gasteiger partial charge in [-0.15, -0.1) is 6.42 Å². The van der Waals surface area contributed by atoms with Gasteiger partial charge in [0.25, 0.3) is 0 Å². The highest BCUT2D eigenvalue weighted by Crippen LogP contribution is 1.86. The minimum absolute atomic E-state index is 0.0456. The first-order valence-electron chi connectivity index (χ1n) is 3.73. The molecule has 0 unspecified atom stereocenters. The van der Waals surface area contributed by atoms with Crippen LogP contribution in [0.25, 0.3) is 0 Å². The molecule has 0 heterocycles. The molecule has 0 N–H and O–H groups in total. The molecule has 5 nitrogen and oxygen atoms in total. The Morgan fingerprint density at radius 1 is 1.29 bits per heavy atom. The van der Waals surface area contributed by atoms with Crippen molar-refractivity contribution in [2.45, 2.75) is 0 Å². The van der Waals surface area contributed by atoms with Crippen LogP contribution in [0.1, 0.15) is 0 Å². The highest BCUT2D eigenvalue weighted by atomic mass is 16.7. The predicted molar refractivity (Wildman–Crippen MR) is 47.3 cm³/mol. The molecule has 0 bridgehead atoms. The van der Waals surface area contributed by atoms with Crippen LogP contribution in [-0.2, 0) is 19.0 Å². The molecule has 0 amide bonds. The van der Waals surface area contributed by atoms with Crippen molar-refractivity contribution in [1.82, 2.24) is 0 Å². The van der Waals surface area contributed by atoms with Gasteiger partial charge in [-0.3, -0.25) is 0 Å². The molecular formula is C9H10O5. The maximum absolute atomic E-state index is 10.6. The second-order valence-electron chi connectivity index (χ2n) is 1.96. The molecule has 0 spiro atoms. The third-order valence-corrected chi connectivity index (χ3v) is 0.988. The van der Waals surface area contributed by atoms with Gasteiger partial charge in [0, 0.05) is 6.08 Å². The van der Waals surface area contributed by atoms with Crippen molar-refractivity contribution in [2.24, 2.45) is 0 Å². The quantitative estimate of drug-likeness (QED) is 0.278. The SMILES string of the molecule is C#CCOC(=O)OCCOC(=O)C=C. The van der Waals surface area contributed by atoms with E-state index in [0.717, 1.165) is 6.08 Å². The van der Waals surface area contributed by atoms with E-state index >= 15 is 0 Å². The molecule has 0 saturated carbocycles. The highest BCUT2D eigenvalue weighted by Gasteiger charge is 2.02. The van der Waals surface area contributed by atoms with Gasteiger partial charge in [0.1, 0.15) is 13.2 Å². The van der Waals surface area contributed by atoms with Crippen LogP contribution in [0.4, 0.5) is 4.79 Å². The Bertz CT molecular complexity index is 250. The van der Waals surface area contributed by atoms with Gasteiger partial charge in [-0.05, 0) is 0 Å². The zero-order valence-corrected chi connectivity index (χ0v) is 7.52. The molecule has 0 aromatic rings. The van der Waals surface area contributed by atoms with Crippen LogP contribution in [0.5, 0.6) is 0 Å². The summed E-state index contributed by atoms with van der Waals surface area (Å²) in [7, 11) is 0. The van der Waals surface area contributed by atoms with Gasteiger partial charge in [-0.25, -0.2) is 9.59 Å². The number of rotatable bonds is 5. The smallest absolute Gasteiger partial charge is 0.459 e. The summed E-state index contributed by atoms with van der Waals surface area (Å²) in [6, 6.07) is 0. The summed E-state index contributed by atoms with van der Waals surface area (Å²) in [6.07, 6.45) is 4.95. The molecule has 0 atom stereocenters. The van der Waals surface area contributed by atoms with E-state index in [1.165, 1.54) is 0 Å². The van der Waals surface area contributed by atoms with Gasteiger partial charge in [0.15, 0.2) is 6.61 Å². The average molecular weight is 198 g/mol. The molecular weight excluding hydrogens is 188 g/mol. The lowest BCUT2D eigenvalue weighted by atomic mass is 10.6. The molecule has 0 saturated heterocycles. The number of ether oxygens (including phenoxy) is 3. The fraction of sp³-hybridized carbons (Fsp3) is 0.333. The molecule has 5 heteroatoms. The Labute approximate surface area is 81.6 Å². The van der Waals surface area contributed by atoms with Crippen molar-refractivity contribution in [3.63, 3.8) is 0 Å². The van der Waals surface area contributed by atoms with Crippen molar-refractivity contribution in [2.75, 3.05) is 19.8 Å². The van der Waals surface area contributed by atoms with Crippen molar-refractivity contribution < 1.29 is 23.8 Å². The van der Waals surface area contributed by atoms with Gasteiger partial charge < -0.3 is 14.2 Å². The van der Waals surface area contributed by atoms with E-state index in [1.54, 1.807) is 0 Å². The Morgan fingerprint density at radius 3 is 2.50 bits per heavy atom. The summed E-state index contributed by atoms with van der Waals surface area (Å²) in [4.78, 5) is 21.1. The maximum Gasteiger partial charge on any atom is 0.509 e. The lowest BCUT2D eigenvalue weighted by molar-refractivity contribution is -0.138. The van der Waals surface area contributed by atoms with E-state index < -0.39 is 12.1 Å². The molecule has 14 heavy (non-hydrogen) atoms. The molecule has 0 aromatic carbocycles. The van der Waals surface area contributed by atoms with E-state index in [0.29, 0.717) is 0 Å². The van der Waals surface area contributed by atoms with Gasteiger partial charge in [0.2, 0.25) is 0 Å². The fourth-order valence-corrected chi connectivity index (χ4v) is 0.468. The zero-order chi connectivity index (χ0) is 10.8. The third-order valence-electron chi connectivity index (χ3n) is 0.988. The van der Waals surface area contributed by atoms with Gasteiger partial charge in [0.05, 0.1) is 0 Å². The van der Waals surface area contributed by atoms with Crippen molar-refractivity contribution in [3.8, 4) is 12.3 Å². The molecule has 0 aromatic heterocycles. The van der Waals surface area contributed by atoms with E-state index in [2.05, 4.69) is 26.7 Å². The topological polar surface area (TPSA) is 61.8 Å². The van der Waals surface area contributed by atoms with Crippen molar-refractivity contribution in [3.05, 3.63) is 12.7 Å². The first-order valence-corrected chi connectivity index (χ1v) is 3.73. The van der Waals surface area contributed by atoms with Gasteiger partial charge >= 0.3 is 12.1 Å². The normalized spacial score (nSPS) is 8.21. The van der Waals surface area contributed by atoms with Crippen molar-refractivity contribution >= 4 is 12.1 Å². The van der Waals surface area contributed by atoms with Crippen molar-refractivity contribution in [1.29, 1.82) is 0 Å². The predicted octanol–water partition coefficient (Wildman–Crippen LogP) is 0.502. The van der Waals surface area contributed by atoms with Crippen LogP contribution in [0, 0.1) is 12.3 Å². The second kappa shape index (κ2) is 7.68. The molecule has 0 radical (unpaired) electrons. The largest absolute Gasteiger partial charge is 0.509 e. The summed E-state index contributed by atoms with van der Waals surface area (Å²) in [5.41, 5.74) is 0. The van der Waals surface area contributed by atoms with Crippen LogP contribution in [-0.4, -0.2) is 31.9 Å². The van der Waals surface area contributed by atoms with Crippen LogP contribution >= 0.6 is 0 Å². The minimum Gasteiger partial charge on any atom is -0.459 e. The lowest BCUT2D eigenvalue weighted by Gasteiger charge is -2.03. The fourth-order valence-electron chi connectivity index (χ4n) is 0.468. The number of carbonyl (C=O) groups excluding carboxylic acids is 2. The van der Waals surface area contributed by atoms with Gasteiger partial charge in [-0.2, -0.15) is 0 Å². The van der Waals surface area contributed by atoms with Crippen LogP contribution < -0.4 is 0 Å². The average Bonchev–Trinajstić information content (AvgIpc) is 2.21. The van der Waals surface area contributed by atoms with E-state index in [-0.39, 0.29) is 19.8 Å². The van der Waals surface area contributed by atoms with E-state index in [9.17, 15) is 9.59 Å². The number of hydrogen-bond acceptors (Lipinski definition) is 5. The molecule has 0 fully saturated rings. The number of esters is 1. The Morgan fingerprint density at radius 2 is 1.93 bits per heavy atom. The molecule has 76 valence electrons. The number of terminal acetylenes is 1. The highest BCUT2D eigenvalue weighted by molar-refractivity contribution is 5.81. The molecule has 0 aliphatic carbocycles. The Hall–Kier alpha value is -1.96. The summed E-state index contributed by atoms with van der Waals surface area (Å²) < 4.78 is 13.4. The maximum atomic E-state index is 10.6. The van der Waals surface area contributed by atoms with Crippen LogP contribution in [0.2, 0.25) is 0 Å². The molecule has 0 aliphatic rings. The minimum atomic E-state index is -0.891. The Balaban J connectivity index is 3.36. The third kappa shape index (κ3) is 6.73. The summed E-state index contributed by atoms with van der Waals surface area (Å²) in [5.74, 6) is 1.52. The lowest BCUT2D eigenvalue weighted by Crippen LogP contribution is -2.13. The second-order valence-corrected chi connectivity index (χ2v) is 1.96. The molecule has 0 aliphatic heterocycles. The number of carbonyl (C=O) groups is 2. The van der Waals surface area contributed by atoms with Gasteiger partial charge in [-0.1, -0.05) is 12.5 Å². The van der Waals surface area contributed by atoms with E-state index in [4.69, 9.17) is 6.42 Å².